The van der Waals surface area contributed by atoms with E-state index < -0.39 is 22.0 Å². The molecular formula is C11H13Cl2NO4S. The third kappa shape index (κ3) is 3.82. The fourth-order valence-electron chi connectivity index (χ4n) is 1.43. The number of hydrogen-bond donors (Lipinski definition) is 1. The summed E-state index contributed by atoms with van der Waals surface area (Å²) in [4.78, 5) is 11.2. The number of sulfonamides is 1. The van der Waals surface area contributed by atoms with Gasteiger partial charge in [0, 0.05) is 0 Å². The molecule has 0 aromatic heterocycles. The second-order valence-electron chi connectivity index (χ2n) is 3.66. The van der Waals surface area contributed by atoms with Gasteiger partial charge < -0.3 is 4.74 Å². The molecule has 0 aliphatic heterocycles. The Labute approximate surface area is 121 Å². The number of carbonyl (C=O) groups excluding carboxylic acids is 1. The second-order valence-corrected chi connectivity index (χ2v) is 6.12. The Bertz CT molecular complexity index is 554. The molecule has 0 fully saturated rings. The van der Waals surface area contributed by atoms with Gasteiger partial charge in [-0.1, -0.05) is 36.2 Å². The van der Waals surface area contributed by atoms with Crippen LogP contribution < -0.4 is 4.72 Å². The van der Waals surface area contributed by atoms with Crippen LogP contribution in [0.15, 0.2) is 23.1 Å². The van der Waals surface area contributed by atoms with E-state index in [1.165, 1.54) is 25.3 Å². The number of halogens is 2. The number of rotatable bonds is 5. The van der Waals surface area contributed by atoms with Crippen LogP contribution in [0.2, 0.25) is 10.0 Å². The highest BCUT2D eigenvalue weighted by atomic mass is 35.5. The quantitative estimate of drug-likeness (QED) is 0.842. The van der Waals surface area contributed by atoms with E-state index in [1.807, 2.05) is 0 Å². The minimum atomic E-state index is -4.00. The summed E-state index contributed by atoms with van der Waals surface area (Å²) in [6.45, 7) is 1.65. The van der Waals surface area contributed by atoms with E-state index in [1.54, 1.807) is 6.92 Å². The molecule has 0 heterocycles. The Morgan fingerprint density at radius 2 is 1.89 bits per heavy atom. The molecule has 1 aromatic rings. The number of carbonyl (C=O) groups is 1. The molecule has 0 radical (unpaired) electrons. The van der Waals surface area contributed by atoms with Crippen molar-refractivity contribution in [3.05, 3.63) is 28.2 Å². The number of benzene rings is 1. The van der Waals surface area contributed by atoms with Crippen molar-refractivity contribution >= 4 is 39.2 Å². The molecule has 8 heteroatoms. The molecule has 0 aliphatic carbocycles. The SMILES string of the molecule is CCC(NS(=O)(=O)c1c(Cl)cccc1Cl)C(=O)OC. The first-order valence-corrected chi connectivity index (χ1v) is 7.61. The first-order valence-electron chi connectivity index (χ1n) is 5.37. The summed E-state index contributed by atoms with van der Waals surface area (Å²) in [5, 5.41) is -0.0283. The minimum Gasteiger partial charge on any atom is -0.468 e. The first-order chi connectivity index (χ1) is 8.83. The van der Waals surface area contributed by atoms with E-state index in [-0.39, 0.29) is 21.4 Å². The van der Waals surface area contributed by atoms with E-state index in [4.69, 9.17) is 23.2 Å². The van der Waals surface area contributed by atoms with E-state index in [0.717, 1.165) is 0 Å². The average Bonchev–Trinajstić information content (AvgIpc) is 2.34. The largest absolute Gasteiger partial charge is 0.468 e. The van der Waals surface area contributed by atoms with E-state index >= 15 is 0 Å². The normalized spacial score (nSPS) is 13.1. The third-order valence-electron chi connectivity index (χ3n) is 2.38. The summed E-state index contributed by atoms with van der Waals surface area (Å²) in [5.74, 6) is -0.672. The maximum Gasteiger partial charge on any atom is 0.323 e. The lowest BCUT2D eigenvalue weighted by atomic mass is 10.2. The van der Waals surface area contributed by atoms with Crippen molar-refractivity contribution in [1.29, 1.82) is 0 Å². The number of methoxy groups -OCH3 is 1. The summed E-state index contributed by atoms with van der Waals surface area (Å²) in [6.07, 6.45) is 0.244. The molecule has 5 nitrogen and oxygen atoms in total. The lowest BCUT2D eigenvalue weighted by Crippen LogP contribution is -2.41. The summed E-state index contributed by atoms with van der Waals surface area (Å²) < 4.78 is 31.1. The fourth-order valence-corrected chi connectivity index (χ4v) is 3.84. The molecule has 0 amide bonds. The van der Waals surface area contributed by atoms with Crippen LogP contribution in [0.25, 0.3) is 0 Å². The maximum absolute atomic E-state index is 12.2. The predicted molar refractivity (Wildman–Crippen MR) is 72.9 cm³/mol. The molecular weight excluding hydrogens is 313 g/mol. The molecule has 19 heavy (non-hydrogen) atoms. The van der Waals surface area contributed by atoms with Gasteiger partial charge in [-0.2, -0.15) is 4.72 Å². The predicted octanol–water partition coefficient (Wildman–Crippen LogP) is 2.22. The Balaban J connectivity index is 3.15. The van der Waals surface area contributed by atoms with Crippen molar-refractivity contribution in [3.8, 4) is 0 Å². The summed E-state index contributed by atoms with van der Waals surface area (Å²) in [5.41, 5.74) is 0. The van der Waals surface area contributed by atoms with Gasteiger partial charge in [-0.05, 0) is 18.6 Å². The van der Waals surface area contributed by atoms with Crippen molar-refractivity contribution < 1.29 is 17.9 Å². The molecule has 1 atom stereocenters. The second kappa shape index (κ2) is 6.56. The van der Waals surface area contributed by atoms with E-state index in [0.29, 0.717) is 0 Å². The van der Waals surface area contributed by atoms with Crippen molar-refractivity contribution in [3.63, 3.8) is 0 Å². The van der Waals surface area contributed by atoms with Crippen LogP contribution in [-0.4, -0.2) is 27.5 Å². The molecule has 0 spiro atoms. The number of esters is 1. The monoisotopic (exact) mass is 325 g/mol. The van der Waals surface area contributed by atoms with Crippen LogP contribution in [0.3, 0.4) is 0 Å². The van der Waals surface area contributed by atoms with Gasteiger partial charge in [-0.15, -0.1) is 0 Å². The average molecular weight is 326 g/mol. The number of nitrogens with one attached hydrogen (secondary N) is 1. The minimum absolute atomic E-state index is 0.0141. The van der Waals surface area contributed by atoms with Crippen molar-refractivity contribution in [2.45, 2.75) is 24.3 Å². The third-order valence-corrected chi connectivity index (χ3v) is 4.81. The van der Waals surface area contributed by atoms with Gasteiger partial charge in [0.25, 0.3) is 0 Å². The molecule has 1 aromatic carbocycles. The van der Waals surface area contributed by atoms with Gasteiger partial charge in [0.1, 0.15) is 10.9 Å². The molecule has 0 bridgehead atoms. The highest BCUT2D eigenvalue weighted by Crippen LogP contribution is 2.29. The van der Waals surface area contributed by atoms with Gasteiger partial charge in [0.15, 0.2) is 0 Å². The lowest BCUT2D eigenvalue weighted by Gasteiger charge is -2.16. The van der Waals surface area contributed by atoms with Gasteiger partial charge in [0.05, 0.1) is 17.2 Å². The Morgan fingerprint density at radius 3 is 2.32 bits per heavy atom. The van der Waals surface area contributed by atoms with Crippen LogP contribution in [0, 0.1) is 0 Å². The Morgan fingerprint density at radius 1 is 1.37 bits per heavy atom. The molecule has 1 rings (SSSR count). The Kier molecular flexibility index (Phi) is 5.61. The summed E-state index contributed by atoms with van der Waals surface area (Å²) in [7, 11) is -2.82. The molecule has 0 saturated heterocycles. The van der Waals surface area contributed by atoms with Crippen molar-refractivity contribution in [2.24, 2.45) is 0 Å². The maximum atomic E-state index is 12.2. The zero-order valence-corrected chi connectivity index (χ0v) is 12.6. The molecule has 1 N–H and O–H groups in total. The highest BCUT2D eigenvalue weighted by molar-refractivity contribution is 7.89. The summed E-state index contributed by atoms with van der Waals surface area (Å²) in [6, 6.07) is 3.35. The smallest absolute Gasteiger partial charge is 0.323 e. The first kappa shape index (κ1) is 16.2. The topological polar surface area (TPSA) is 72.5 Å². The van der Waals surface area contributed by atoms with Crippen LogP contribution in [-0.2, 0) is 19.6 Å². The van der Waals surface area contributed by atoms with E-state index in [9.17, 15) is 13.2 Å². The standard InChI is InChI=1S/C11H13Cl2NO4S/c1-3-9(11(15)18-2)14-19(16,17)10-7(12)5-4-6-8(10)13/h4-6,9,14H,3H2,1-2H3. The summed E-state index contributed by atoms with van der Waals surface area (Å²) >= 11 is 11.7. The number of hydrogen-bond acceptors (Lipinski definition) is 4. The Hall–Kier alpha value is -0.820. The van der Waals surface area contributed by atoms with Gasteiger partial charge >= 0.3 is 5.97 Å². The molecule has 106 valence electrons. The molecule has 0 saturated carbocycles. The molecule has 0 aliphatic rings. The lowest BCUT2D eigenvalue weighted by molar-refractivity contribution is -0.142. The molecule has 1 unspecified atom stereocenters. The van der Waals surface area contributed by atoms with Crippen molar-refractivity contribution in [1.82, 2.24) is 4.72 Å². The van der Waals surface area contributed by atoms with Crippen LogP contribution in [0.1, 0.15) is 13.3 Å². The fraction of sp³-hybridized carbons (Fsp3) is 0.364. The highest BCUT2D eigenvalue weighted by Gasteiger charge is 2.28. The van der Waals surface area contributed by atoms with E-state index in [2.05, 4.69) is 9.46 Å². The van der Waals surface area contributed by atoms with Crippen LogP contribution in [0.5, 0.6) is 0 Å². The number of ether oxygens (including phenoxy) is 1. The van der Waals surface area contributed by atoms with Crippen LogP contribution in [0.4, 0.5) is 0 Å². The van der Waals surface area contributed by atoms with Crippen LogP contribution >= 0.6 is 23.2 Å². The van der Waals surface area contributed by atoms with Gasteiger partial charge in [-0.25, -0.2) is 8.42 Å². The zero-order valence-electron chi connectivity index (χ0n) is 10.3. The van der Waals surface area contributed by atoms with Crippen molar-refractivity contribution in [2.75, 3.05) is 7.11 Å². The zero-order chi connectivity index (χ0) is 14.6. The van der Waals surface area contributed by atoms with Gasteiger partial charge in [0.2, 0.25) is 10.0 Å². The van der Waals surface area contributed by atoms with Gasteiger partial charge in [-0.3, -0.25) is 4.79 Å².